The van der Waals surface area contributed by atoms with Crippen molar-refractivity contribution in [1.29, 1.82) is 0 Å². The number of piperidine rings is 1. The second kappa shape index (κ2) is 8.85. The molecule has 2 aromatic rings. The van der Waals surface area contributed by atoms with Gasteiger partial charge in [-0.2, -0.15) is 0 Å². The summed E-state index contributed by atoms with van der Waals surface area (Å²) < 4.78 is 0.904. The number of hydrogen-bond donors (Lipinski definition) is 2. The third-order valence-corrected chi connectivity index (χ3v) is 4.92. The second-order valence-corrected chi connectivity index (χ2v) is 7.22. The summed E-state index contributed by atoms with van der Waals surface area (Å²) >= 11 is 3.33. The molecule has 2 amide bonds. The molecule has 2 aromatic carbocycles. The van der Waals surface area contributed by atoms with Crippen molar-refractivity contribution in [3.05, 3.63) is 58.6 Å². The standard InChI is InChI=1S/C20H22BrN3O2/c21-16-10-8-15(9-11-16)20(26)22-14-19(25)23-17-6-2-3-7-18(17)24-12-4-1-5-13-24/h2-3,6-11H,1,4-5,12-14H2,(H,22,26)(H,23,25). The zero-order chi connectivity index (χ0) is 18.4. The van der Waals surface area contributed by atoms with Gasteiger partial charge in [0.05, 0.1) is 17.9 Å². The smallest absolute Gasteiger partial charge is 0.251 e. The molecule has 26 heavy (non-hydrogen) atoms. The van der Waals surface area contributed by atoms with Crippen LogP contribution in [0.4, 0.5) is 11.4 Å². The van der Waals surface area contributed by atoms with Gasteiger partial charge in [-0.3, -0.25) is 9.59 Å². The lowest BCUT2D eigenvalue weighted by atomic mass is 10.1. The van der Waals surface area contributed by atoms with Crippen molar-refractivity contribution in [3.63, 3.8) is 0 Å². The molecule has 6 heteroatoms. The van der Waals surface area contributed by atoms with Gasteiger partial charge in [0.25, 0.3) is 5.91 Å². The number of hydrogen-bond acceptors (Lipinski definition) is 3. The summed E-state index contributed by atoms with van der Waals surface area (Å²) in [6.07, 6.45) is 3.60. The summed E-state index contributed by atoms with van der Waals surface area (Å²) in [6, 6.07) is 14.8. The first kappa shape index (κ1) is 18.5. The average molecular weight is 416 g/mol. The first-order valence-electron chi connectivity index (χ1n) is 8.81. The van der Waals surface area contributed by atoms with Crippen LogP contribution >= 0.6 is 15.9 Å². The molecule has 1 aliphatic heterocycles. The highest BCUT2D eigenvalue weighted by molar-refractivity contribution is 9.10. The monoisotopic (exact) mass is 415 g/mol. The summed E-state index contributed by atoms with van der Waals surface area (Å²) in [4.78, 5) is 26.7. The van der Waals surface area contributed by atoms with E-state index < -0.39 is 0 Å². The Labute approximate surface area is 161 Å². The van der Waals surface area contributed by atoms with E-state index in [9.17, 15) is 9.59 Å². The van der Waals surface area contributed by atoms with Gasteiger partial charge in [0.2, 0.25) is 5.91 Å². The van der Waals surface area contributed by atoms with Crippen LogP contribution < -0.4 is 15.5 Å². The number of halogens is 1. The van der Waals surface area contributed by atoms with Crippen LogP contribution in [0.15, 0.2) is 53.0 Å². The zero-order valence-corrected chi connectivity index (χ0v) is 16.1. The number of carbonyl (C=O) groups is 2. The van der Waals surface area contributed by atoms with Gasteiger partial charge in [-0.25, -0.2) is 0 Å². The Balaban J connectivity index is 1.58. The van der Waals surface area contributed by atoms with Crippen LogP contribution in [0.3, 0.4) is 0 Å². The number of benzene rings is 2. The maximum Gasteiger partial charge on any atom is 0.251 e. The first-order chi connectivity index (χ1) is 12.6. The topological polar surface area (TPSA) is 61.4 Å². The second-order valence-electron chi connectivity index (χ2n) is 6.30. The Morgan fingerprint density at radius 3 is 2.38 bits per heavy atom. The van der Waals surface area contributed by atoms with E-state index in [1.54, 1.807) is 24.3 Å². The van der Waals surface area contributed by atoms with E-state index in [0.717, 1.165) is 28.9 Å². The van der Waals surface area contributed by atoms with Crippen molar-refractivity contribution in [2.75, 3.05) is 29.9 Å². The molecule has 1 fully saturated rings. The van der Waals surface area contributed by atoms with Crippen LogP contribution in [-0.4, -0.2) is 31.4 Å². The summed E-state index contributed by atoms with van der Waals surface area (Å²) in [6.45, 7) is 1.95. The number of amides is 2. The van der Waals surface area contributed by atoms with Crippen LogP contribution in [0.25, 0.3) is 0 Å². The van der Waals surface area contributed by atoms with Crippen LogP contribution in [0.2, 0.25) is 0 Å². The first-order valence-corrected chi connectivity index (χ1v) is 9.60. The van der Waals surface area contributed by atoms with Gasteiger partial charge in [0.1, 0.15) is 0 Å². The highest BCUT2D eigenvalue weighted by Gasteiger charge is 2.15. The predicted octanol–water partition coefficient (Wildman–Crippen LogP) is 3.81. The highest BCUT2D eigenvalue weighted by Crippen LogP contribution is 2.28. The molecule has 1 heterocycles. The van der Waals surface area contributed by atoms with Gasteiger partial charge in [0.15, 0.2) is 0 Å². The third kappa shape index (κ3) is 4.85. The van der Waals surface area contributed by atoms with Gasteiger partial charge in [-0.05, 0) is 55.7 Å². The average Bonchev–Trinajstić information content (AvgIpc) is 2.68. The highest BCUT2D eigenvalue weighted by atomic mass is 79.9. The van der Waals surface area contributed by atoms with E-state index in [1.807, 2.05) is 24.3 Å². The maximum atomic E-state index is 12.3. The van der Waals surface area contributed by atoms with Gasteiger partial charge >= 0.3 is 0 Å². The predicted molar refractivity (Wildman–Crippen MR) is 108 cm³/mol. The molecule has 3 rings (SSSR count). The fraction of sp³-hybridized carbons (Fsp3) is 0.300. The van der Waals surface area contributed by atoms with Crippen molar-refractivity contribution < 1.29 is 9.59 Å². The van der Waals surface area contributed by atoms with E-state index in [4.69, 9.17) is 0 Å². The molecule has 0 aliphatic carbocycles. The van der Waals surface area contributed by atoms with E-state index >= 15 is 0 Å². The Morgan fingerprint density at radius 2 is 1.65 bits per heavy atom. The Bertz CT molecular complexity index is 771. The summed E-state index contributed by atoms with van der Waals surface area (Å²) in [7, 11) is 0. The van der Waals surface area contributed by atoms with E-state index in [-0.39, 0.29) is 18.4 Å². The summed E-state index contributed by atoms with van der Waals surface area (Å²) in [5, 5.41) is 5.58. The quantitative estimate of drug-likeness (QED) is 0.780. The molecule has 136 valence electrons. The molecule has 0 aromatic heterocycles. The summed E-state index contributed by atoms with van der Waals surface area (Å²) in [5.41, 5.74) is 2.35. The van der Waals surface area contributed by atoms with Gasteiger partial charge in [-0.15, -0.1) is 0 Å². The molecule has 5 nitrogen and oxygen atoms in total. The SMILES string of the molecule is O=C(CNC(=O)c1ccc(Br)cc1)Nc1ccccc1N1CCCCC1. The largest absolute Gasteiger partial charge is 0.370 e. The number of nitrogens with zero attached hydrogens (tertiary/aromatic N) is 1. The molecule has 0 saturated carbocycles. The lowest BCUT2D eigenvalue weighted by molar-refractivity contribution is -0.115. The van der Waals surface area contributed by atoms with Gasteiger partial charge in [-0.1, -0.05) is 28.1 Å². The molecule has 1 saturated heterocycles. The Hall–Kier alpha value is -2.34. The van der Waals surface area contributed by atoms with E-state index in [2.05, 4.69) is 31.5 Å². The van der Waals surface area contributed by atoms with Crippen LogP contribution in [0.5, 0.6) is 0 Å². The molecule has 0 unspecified atom stereocenters. The normalized spacial score (nSPS) is 14.0. The molecule has 0 bridgehead atoms. The number of anilines is 2. The minimum absolute atomic E-state index is 0.0662. The number of para-hydroxylation sites is 2. The van der Waals surface area contributed by atoms with Crippen LogP contribution in [0.1, 0.15) is 29.6 Å². The minimum Gasteiger partial charge on any atom is -0.370 e. The van der Waals surface area contributed by atoms with Gasteiger partial charge in [0, 0.05) is 23.1 Å². The van der Waals surface area contributed by atoms with Crippen molar-refractivity contribution in [1.82, 2.24) is 5.32 Å². The fourth-order valence-corrected chi connectivity index (χ4v) is 3.31. The number of carbonyl (C=O) groups excluding carboxylic acids is 2. The molecule has 0 spiro atoms. The number of rotatable bonds is 5. The van der Waals surface area contributed by atoms with E-state index in [0.29, 0.717) is 5.56 Å². The Kier molecular flexibility index (Phi) is 6.28. The molecule has 0 radical (unpaired) electrons. The van der Waals surface area contributed by atoms with Crippen molar-refractivity contribution in [3.8, 4) is 0 Å². The maximum absolute atomic E-state index is 12.3. The minimum atomic E-state index is -0.267. The van der Waals surface area contributed by atoms with Crippen LogP contribution in [-0.2, 0) is 4.79 Å². The Morgan fingerprint density at radius 1 is 0.962 bits per heavy atom. The molecule has 1 aliphatic rings. The molecule has 2 N–H and O–H groups in total. The van der Waals surface area contributed by atoms with Gasteiger partial charge < -0.3 is 15.5 Å². The number of nitrogens with one attached hydrogen (secondary N) is 2. The van der Waals surface area contributed by atoms with Crippen molar-refractivity contribution >= 4 is 39.1 Å². The molecule has 0 atom stereocenters. The lowest BCUT2D eigenvalue weighted by Crippen LogP contribution is -2.34. The van der Waals surface area contributed by atoms with Crippen molar-refractivity contribution in [2.24, 2.45) is 0 Å². The molecular formula is C20H22BrN3O2. The lowest BCUT2D eigenvalue weighted by Gasteiger charge is -2.30. The fourth-order valence-electron chi connectivity index (χ4n) is 3.05. The summed E-state index contributed by atoms with van der Waals surface area (Å²) in [5.74, 6) is -0.503. The zero-order valence-electron chi connectivity index (χ0n) is 14.5. The van der Waals surface area contributed by atoms with Crippen LogP contribution in [0, 0.1) is 0 Å². The van der Waals surface area contributed by atoms with E-state index in [1.165, 1.54) is 19.3 Å². The van der Waals surface area contributed by atoms with Crippen molar-refractivity contribution in [2.45, 2.75) is 19.3 Å². The third-order valence-electron chi connectivity index (χ3n) is 4.39. The molecular weight excluding hydrogens is 394 g/mol.